The number of rotatable bonds is 5. The molecule has 1 atom stereocenters. The molecule has 1 saturated heterocycles. The van der Waals surface area contributed by atoms with E-state index in [-0.39, 0.29) is 11.9 Å². The molecule has 0 radical (unpaired) electrons. The molecular weight excluding hydrogens is 254 g/mol. The summed E-state index contributed by atoms with van der Waals surface area (Å²) in [6.07, 6.45) is 6.32. The van der Waals surface area contributed by atoms with Crippen molar-refractivity contribution in [1.82, 2.24) is 14.9 Å². The maximum Gasteiger partial charge on any atom is 0.239 e. The van der Waals surface area contributed by atoms with Gasteiger partial charge in [0, 0.05) is 38.6 Å². The first-order valence-corrected chi connectivity index (χ1v) is 7.28. The number of hydrogen-bond donors (Lipinski definition) is 1. The van der Waals surface area contributed by atoms with Gasteiger partial charge in [-0.2, -0.15) is 0 Å². The van der Waals surface area contributed by atoms with E-state index >= 15 is 0 Å². The largest absolute Gasteiger partial charge is 0.338 e. The monoisotopic (exact) mass is 277 g/mol. The molecule has 110 valence electrons. The highest BCUT2D eigenvalue weighted by atomic mass is 16.2. The van der Waals surface area contributed by atoms with Crippen LogP contribution < -0.4 is 10.6 Å². The smallest absolute Gasteiger partial charge is 0.239 e. The highest BCUT2D eigenvalue weighted by Gasteiger charge is 2.25. The minimum atomic E-state index is -0.352. The van der Waals surface area contributed by atoms with Gasteiger partial charge in [-0.25, -0.2) is 9.97 Å². The molecule has 2 rings (SSSR count). The van der Waals surface area contributed by atoms with Gasteiger partial charge in [0.2, 0.25) is 11.9 Å². The van der Waals surface area contributed by atoms with Crippen LogP contribution in [0.15, 0.2) is 18.5 Å². The standard InChI is InChI=1S/C14H23N5O/c1-2-3-5-12(15)13(20)18-8-10-19(11-9-18)14-16-6-4-7-17-14/h4,6-7,12H,2-3,5,8-11,15H2,1H3. The van der Waals surface area contributed by atoms with Crippen molar-refractivity contribution in [3.05, 3.63) is 18.5 Å². The van der Waals surface area contributed by atoms with Crippen molar-refractivity contribution in [3.63, 3.8) is 0 Å². The number of carbonyl (C=O) groups excluding carboxylic acids is 1. The molecule has 0 aliphatic carbocycles. The van der Waals surface area contributed by atoms with Gasteiger partial charge in [0.15, 0.2) is 0 Å². The lowest BCUT2D eigenvalue weighted by molar-refractivity contribution is -0.133. The first kappa shape index (κ1) is 14.7. The molecule has 0 spiro atoms. The van der Waals surface area contributed by atoms with Gasteiger partial charge < -0.3 is 15.5 Å². The summed E-state index contributed by atoms with van der Waals surface area (Å²) in [5.74, 6) is 0.807. The van der Waals surface area contributed by atoms with Crippen molar-refractivity contribution in [2.45, 2.75) is 32.2 Å². The summed E-state index contributed by atoms with van der Waals surface area (Å²) in [6, 6.07) is 1.45. The van der Waals surface area contributed by atoms with Gasteiger partial charge in [-0.15, -0.1) is 0 Å². The zero-order valence-electron chi connectivity index (χ0n) is 12.0. The van der Waals surface area contributed by atoms with Gasteiger partial charge >= 0.3 is 0 Å². The molecule has 0 saturated carbocycles. The van der Waals surface area contributed by atoms with Crippen LogP contribution in [0.3, 0.4) is 0 Å². The highest BCUT2D eigenvalue weighted by Crippen LogP contribution is 2.11. The maximum absolute atomic E-state index is 12.2. The zero-order valence-corrected chi connectivity index (χ0v) is 12.0. The second kappa shape index (κ2) is 7.19. The fourth-order valence-electron chi connectivity index (χ4n) is 2.36. The number of hydrogen-bond acceptors (Lipinski definition) is 5. The van der Waals surface area contributed by atoms with Crippen LogP contribution in [0.1, 0.15) is 26.2 Å². The minimum Gasteiger partial charge on any atom is -0.338 e. The van der Waals surface area contributed by atoms with E-state index in [1.54, 1.807) is 18.5 Å². The van der Waals surface area contributed by atoms with Gasteiger partial charge in [0.05, 0.1) is 6.04 Å². The Morgan fingerprint density at radius 1 is 1.30 bits per heavy atom. The van der Waals surface area contributed by atoms with Crippen LogP contribution in [-0.2, 0) is 4.79 Å². The van der Waals surface area contributed by atoms with E-state index in [0.717, 1.165) is 38.3 Å². The number of piperazine rings is 1. The second-order valence-corrected chi connectivity index (χ2v) is 5.11. The summed E-state index contributed by atoms with van der Waals surface area (Å²) in [7, 11) is 0. The highest BCUT2D eigenvalue weighted by molar-refractivity contribution is 5.81. The van der Waals surface area contributed by atoms with Crippen molar-refractivity contribution in [2.24, 2.45) is 5.73 Å². The summed E-state index contributed by atoms with van der Waals surface area (Å²) in [5.41, 5.74) is 5.95. The predicted molar refractivity (Wildman–Crippen MR) is 78.3 cm³/mol. The zero-order chi connectivity index (χ0) is 14.4. The van der Waals surface area contributed by atoms with Crippen molar-refractivity contribution in [3.8, 4) is 0 Å². The van der Waals surface area contributed by atoms with Crippen LogP contribution in [0.5, 0.6) is 0 Å². The molecule has 1 fully saturated rings. The van der Waals surface area contributed by atoms with Gasteiger partial charge in [-0.05, 0) is 12.5 Å². The minimum absolute atomic E-state index is 0.0760. The molecule has 0 bridgehead atoms. The van der Waals surface area contributed by atoms with E-state index in [1.807, 2.05) is 4.90 Å². The number of carbonyl (C=O) groups is 1. The van der Waals surface area contributed by atoms with Crippen LogP contribution in [0.25, 0.3) is 0 Å². The van der Waals surface area contributed by atoms with Crippen molar-refractivity contribution in [1.29, 1.82) is 0 Å². The van der Waals surface area contributed by atoms with Crippen LogP contribution >= 0.6 is 0 Å². The summed E-state index contributed by atoms with van der Waals surface area (Å²) in [5, 5.41) is 0. The lowest BCUT2D eigenvalue weighted by atomic mass is 10.1. The number of unbranched alkanes of at least 4 members (excludes halogenated alkanes) is 1. The van der Waals surface area contributed by atoms with Crippen molar-refractivity contribution >= 4 is 11.9 Å². The third-order valence-corrected chi connectivity index (χ3v) is 3.61. The number of aromatic nitrogens is 2. The lowest BCUT2D eigenvalue weighted by Crippen LogP contribution is -2.53. The third-order valence-electron chi connectivity index (χ3n) is 3.61. The van der Waals surface area contributed by atoms with Crippen LogP contribution in [0.4, 0.5) is 5.95 Å². The maximum atomic E-state index is 12.2. The van der Waals surface area contributed by atoms with E-state index < -0.39 is 0 Å². The first-order valence-electron chi connectivity index (χ1n) is 7.28. The SMILES string of the molecule is CCCCC(N)C(=O)N1CCN(c2ncccn2)CC1. The topological polar surface area (TPSA) is 75.4 Å². The number of amides is 1. The van der Waals surface area contributed by atoms with E-state index in [0.29, 0.717) is 13.1 Å². The average molecular weight is 277 g/mol. The van der Waals surface area contributed by atoms with Gasteiger partial charge in [0.1, 0.15) is 0 Å². The van der Waals surface area contributed by atoms with Gasteiger partial charge in [-0.1, -0.05) is 19.8 Å². The number of nitrogens with two attached hydrogens (primary N) is 1. The quantitative estimate of drug-likeness (QED) is 0.855. The lowest BCUT2D eigenvalue weighted by Gasteiger charge is -2.35. The fraction of sp³-hybridized carbons (Fsp3) is 0.643. The van der Waals surface area contributed by atoms with Crippen LogP contribution in [0, 0.1) is 0 Å². The summed E-state index contributed by atoms with van der Waals surface area (Å²) in [6.45, 7) is 5.01. The fourth-order valence-corrected chi connectivity index (χ4v) is 2.36. The Morgan fingerprint density at radius 3 is 2.55 bits per heavy atom. The van der Waals surface area contributed by atoms with E-state index in [2.05, 4.69) is 21.8 Å². The Kier molecular flexibility index (Phi) is 5.29. The number of nitrogens with zero attached hydrogens (tertiary/aromatic N) is 4. The molecule has 1 aromatic heterocycles. The Morgan fingerprint density at radius 2 is 1.95 bits per heavy atom. The summed E-state index contributed by atoms with van der Waals surface area (Å²) < 4.78 is 0. The molecule has 0 aromatic carbocycles. The molecule has 1 aliphatic rings. The molecule has 2 heterocycles. The van der Waals surface area contributed by atoms with Crippen molar-refractivity contribution in [2.75, 3.05) is 31.1 Å². The molecule has 1 aliphatic heterocycles. The van der Waals surface area contributed by atoms with Crippen LogP contribution in [-0.4, -0.2) is 53.0 Å². The Hall–Kier alpha value is -1.69. The Balaban J connectivity index is 1.83. The van der Waals surface area contributed by atoms with E-state index in [9.17, 15) is 4.79 Å². The predicted octanol–water partition coefficient (Wildman–Crippen LogP) is 0.643. The Labute approximate surface area is 120 Å². The second-order valence-electron chi connectivity index (χ2n) is 5.11. The average Bonchev–Trinajstić information content (AvgIpc) is 2.53. The molecule has 6 nitrogen and oxygen atoms in total. The van der Waals surface area contributed by atoms with Crippen molar-refractivity contribution < 1.29 is 4.79 Å². The number of anilines is 1. The molecule has 1 unspecified atom stereocenters. The Bertz CT molecular complexity index is 417. The van der Waals surface area contributed by atoms with Crippen LogP contribution in [0.2, 0.25) is 0 Å². The molecule has 1 aromatic rings. The van der Waals surface area contributed by atoms with Gasteiger partial charge in [-0.3, -0.25) is 4.79 Å². The van der Waals surface area contributed by atoms with E-state index in [4.69, 9.17) is 5.73 Å². The summed E-state index contributed by atoms with van der Waals surface area (Å²) in [4.78, 5) is 24.6. The first-order chi connectivity index (χ1) is 9.72. The molecule has 20 heavy (non-hydrogen) atoms. The van der Waals surface area contributed by atoms with E-state index in [1.165, 1.54) is 0 Å². The third kappa shape index (κ3) is 3.66. The molecule has 6 heteroatoms. The molecule has 1 amide bonds. The molecular formula is C14H23N5O. The van der Waals surface area contributed by atoms with Gasteiger partial charge in [0.25, 0.3) is 0 Å². The summed E-state index contributed by atoms with van der Waals surface area (Å²) >= 11 is 0. The molecule has 2 N–H and O–H groups in total. The normalized spacial score (nSPS) is 17.1.